The minimum absolute atomic E-state index is 0.174. The number of benzene rings is 1. The lowest BCUT2D eigenvalue weighted by molar-refractivity contribution is -0.0388. The first kappa shape index (κ1) is 17.0. The minimum atomic E-state index is -0.240. The number of likely N-dealkylation sites (N-methyl/N-ethyl adjacent to an activating group) is 1. The number of hydrogen-bond acceptors (Lipinski definition) is 3. The van der Waals surface area contributed by atoms with Crippen LogP contribution in [0, 0.1) is 0 Å². The zero-order valence-corrected chi connectivity index (χ0v) is 13.5. The van der Waals surface area contributed by atoms with Gasteiger partial charge in [0.15, 0.2) is 0 Å². The first-order chi connectivity index (χ1) is 9.55. The van der Waals surface area contributed by atoms with Gasteiger partial charge in [-0.15, -0.1) is 0 Å². The summed E-state index contributed by atoms with van der Waals surface area (Å²) >= 11 is 0. The Hall–Kier alpha value is -1.06. The summed E-state index contributed by atoms with van der Waals surface area (Å²) in [6.45, 7) is 12.9. The van der Waals surface area contributed by atoms with E-state index in [0.29, 0.717) is 6.61 Å². The molecule has 1 unspecified atom stereocenters. The molecule has 0 saturated heterocycles. The van der Waals surface area contributed by atoms with Crippen molar-refractivity contribution in [3.05, 3.63) is 29.8 Å². The predicted octanol–water partition coefficient (Wildman–Crippen LogP) is 3.94. The fourth-order valence-corrected chi connectivity index (χ4v) is 2.40. The average Bonchev–Trinajstić information content (AvgIpc) is 2.43. The molecule has 1 rings (SSSR count). The van der Waals surface area contributed by atoms with Crippen molar-refractivity contribution in [3.63, 3.8) is 0 Å². The molecule has 1 aromatic carbocycles. The minimum Gasteiger partial charge on any atom is -0.494 e. The van der Waals surface area contributed by atoms with Gasteiger partial charge < -0.3 is 14.8 Å². The Bertz CT molecular complexity index is 373. The topological polar surface area (TPSA) is 30.5 Å². The van der Waals surface area contributed by atoms with Gasteiger partial charge in [0.05, 0.1) is 18.2 Å². The molecule has 0 saturated carbocycles. The molecule has 0 bridgehead atoms. The zero-order chi connectivity index (χ0) is 15.0. The van der Waals surface area contributed by atoms with Gasteiger partial charge in [0.1, 0.15) is 5.75 Å². The quantitative estimate of drug-likeness (QED) is 0.742. The Balaban J connectivity index is 2.86. The maximum atomic E-state index is 5.90. The second kappa shape index (κ2) is 8.28. The van der Waals surface area contributed by atoms with E-state index in [2.05, 4.69) is 45.1 Å². The maximum absolute atomic E-state index is 5.90. The van der Waals surface area contributed by atoms with Gasteiger partial charge in [-0.05, 0) is 51.4 Å². The molecule has 0 amide bonds. The zero-order valence-electron chi connectivity index (χ0n) is 13.5. The standard InChI is InChI=1S/C17H29NO2/c1-6-13-19-15-11-9-14(10-12-15)16(18-7-2)17(4,5)20-8-3/h9-12,16,18H,6-8,13H2,1-5H3. The third kappa shape index (κ3) is 4.80. The summed E-state index contributed by atoms with van der Waals surface area (Å²) in [5.41, 5.74) is 0.991. The lowest BCUT2D eigenvalue weighted by atomic mass is 9.91. The molecule has 1 atom stereocenters. The van der Waals surface area contributed by atoms with Crippen molar-refractivity contribution in [1.82, 2.24) is 5.32 Å². The van der Waals surface area contributed by atoms with Crippen LogP contribution in [-0.4, -0.2) is 25.4 Å². The predicted molar refractivity (Wildman–Crippen MR) is 84.4 cm³/mol. The van der Waals surface area contributed by atoms with Crippen molar-refractivity contribution in [2.45, 2.75) is 52.7 Å². The van der Waals surface area contributed by atoms with Crippen LogP contribution in [0.2, 0.25) is 0 Å². The van der Waals surface area contributed by atoms with E-state index in [0.717, 1.165) is 25.3 Å². The van der Waals surface area contributed by atoms with Crippen molar-refractivity contribution in [2.75, 3.05) is 19.8 Å². The van der Waals surface area contributed by atoms with Gasteiger partial charge in [0, 0.05) is 6.61 Å². The highest BCUT2D eigenvalue weighted by Gasteiger charge is 2.30. The smallest absolute Gasteiger partial charge is 0.119 e. The Kier molecular flexibility index (Phi) is 7.03. The Morgan fingerprint density at radius 1 is 1.10 bits per heavy atom. The second-order valence-electron chi connectivity index (χ2n) is 5.44. The monoisotopic (exact) mass is 279 g/mol. The molecule has 0 aliphatic rings. The highest BCUT2D eigenvalue weighted by atomic mass is 16.5. The van der Waals surface area contributed by atoms with Gasteiger partial charge in [0.2, 0.25) is 0 Å². The molecule has 20 heavy (non-hydrogen) atoms. The van der Waals surface area contributed by atoms with E-state index in [1.165, 1.54) is 5.56 Å². The molecule has 1 aromatic rings. The summed E-state index contributed by atoms with van der Waals surface area (Å²) in [6, 6.07) is 8.50. The number of rotatable bonds is 9. The molecule has 0 aromatic heterocycles. The molecule has 0 heterocycles. The normalized spacial score (nSPS) is 13.2. The molecule has 3 nitrogen and oxygen atoms in total. The first-order valence-corrected chi connectivity index (χ1v) is 7.65. The van der Waals surface area contributed by atoms with E-state index in [1.807, 2.05) is 19.1 Å². The van der Waals surface area contributed by atoms with Gasteiger partial charge in [-0.1, -0.05) is 26.0 Å². The molecular formula is C17H29NO2. The van der Waals surface area contributed by atoms with E-state index in [4.69, 9.17) is 9.47 Å². The summed E-state index contributed by atoms with van der Waals surface area (Å²) in [4.78, 5) is 0. The lowest BCUT2D eigenvalue weighted by Gasteiger charge is -2.35. The van der Waals surface area contributed by atoms with Crippen LogP contribution < -0.4 is 10.1 Å². The van der Waals surface area contributed by atoms with Gasteiger partial charge in [-0.2, -0.15) is 0 Å². The number of hydrogen-bond donors (Lipinski definition) is 1. The van der Waals surface area contributed by atoms with Crippen LogP contribution >= 0.6 is 0 Å². The molecule has 114 valence electrons. The Morgan fingerprint density at radius 2 is 1.75 bits per heavy atom. The van der Waals surface area contributed by atoms with Crippen LogP contribution in [0.4, 0.5) is 0 Å². The Morgan fingerprint density at radius 3 is 2.25 bits per heavy atom. The summed E-state index contributed by atoms with van der Waals surface area (Å²) in [5.74, 6) is 0.931. The molecule has 0 aliphatic heterocycles. The fourth-order valence-electron chi connectivity index (χ4n) is 2.40. The van der Waals surface area contributed by atoms with Gasteiger partial charge in [0.25, 0.3) is 0 Å². The van der Waals surface area contributed by atoms with E-state index < -0.39 is 0 Å². The SMILES string of the molecule is CCCOc1ccc(C(NCC)C(C)(C)OCC)cc1. The van der Waals surface area contributed by atoms with Crippen LogP contribution in [0.25, 0.3) is 0 Å². The summed E-state index contributed by atoms with van der Waals surface area (Å²) < 4.78 is 11.5. The number of ether oxygens (including phenoxy) is 2. The number of nitrogens with one attached hydrogen (secondary N) is 1. The molecule has 0 aliphatic carbocycles. The molecule has 0 radical (unpaired) electrons. The van der Waals surface area contributed by atoms with Crippen LogP contribution in [0.5, 0.6) is 5.75 Å². The van der Waals surface area contributed by atoms with Crippen LogP contribution in [0.3, 0.4) is 0 Å². The molecule has 3 heteroatoms. The van der Waals surface area contributed by atoms with Gasteiger partial charge in [-0.25, -0.2) is 0 Å². The van der Waals surface area contributed by atoms with Crippen molar-refractivity contribution in [3.8, 4) is 5.75 Å². The van der Waals surface area contributed by atoms with Crippen LogP contribution in [0.15, 0.2) is 24.3 Å². The van der Waals surface area contributed by atoms with E-state index in [-0.39, 0.29) is 11.6 Å². The van der Waals surface area contributed by atoms with Gasteiger partial charge >= 0.3 is 0 Å². The first-order valence-electron chi connectivity index (χ1n) is 7.65. The maximum Gasteiger partial charge on any atom is 0.119 e. The van der Waals surface area contributed by atoms with Crippen LogP contribution in [-0.2, 0) is 4.74 Å². The van der Waals surface area contributed by atoms with Crippen LogP contribution in [0.1, 0.15) is 52.6 Å². The third-order valence-electron chi connectivity index (χ3n) is 3.31. The van der Waals surface area contributed by atoms with Crippen molar-refractivity contribution in [1.29, 1.82) is 0 Å². The summed E-state index contributed by atoms with van der Waals surface area (Å²) in [7, 11) is 0. The van der Waals surface area contributed by atoms with Crippen molar-refractivity contribution < 1.29 is 9.47 Å². The summed E-state index contributed by atoms with van der Waals surface area (Å²) in [6.07, 6.45) is 1.03. The van der Waals surface area contributed by atoms with E-state index in [1.54, 1.807) is 0 Å². The third-order valence-corrected chi connectivity index (χ3v) is 3.31. The lowest BCUT2D eigenvalue weighted by Crippen LogP contribution is -2.41. The molecular weight excluding hydrogens is 250 g/mol. The van der Waals surface area contributed by atoms with Gasteiger partial charge in [-0.3, -0.25) is 0 Å². The van der Waals surface area contributed by atoms with Crippen molar-refractivity contribution in [2.24, 2.45) is 0 Å². The highest BCUT2D eigenvalue weighted by molar-refractivity contribution is 5.30. The largest absolute Gasteiger partial charge is 0.494 e. The summed E-state index contributed by atoms with van der Waals surface area (Å²) in [5, 5.41) is 3.52. The molecule has 0 spiro atoms. The fraction of sp³-hybridized carbons (Fsp3) is 0.647. The van der Waals surface area contributed by atoms with E-state index >= 15 is 0 Å². The second-order valence-corrected chi connectivity index (χ2v) is 5.44. The molecule has 0 fully saturated rings. The molecule has 1 N–H and O–H groups in total. The van der Waals surface area contributed by atoms with Crippen molar-refractivity contribution >= 4 is 0 Å². The highest BCUT2D eigenvalue weighted by Crippen LogP contribution is 2.30. The Labute approximate surface area is 123 Å². The van der Waals surface area contributed by atoms with E-state index in [9.17, 15) is 0 Å². The average molecular weight is 279 g/mol.